The van der Waals surface area contributed by atoms with E-state index in [0.29, 0.717) is 18.7 Å². The largest absolute Gasteiger partial charge is 0.504 e. The Labute approximate surface area is 124 Å². The fraction of sp³-hybridized carbons (Fsp3) is 0.467. The van der Waals surface area contributed by atoms with Gasteiger partial charge in [0.15, 0.2) is 17.3 Å². The maximum atomic E-state index is 12.0. The van der Waals surface area contributed by atoms with Gasteiger partial charge in [-0.1, -0.05) is 0 Å². The first-order valence-corrected chi connectivity index (χ1v) is 6.90. The second-order valence-electron chi connectivity index (χ2n) is 4.86. The van der Waals surface area contributed by atoms with Crippen molar-refractivity contribution in [2.45, 2.75) is 13.8 Å². The molecule has 0 radical (unpaired) electrons. The van der Waals surface area contributed by atoms with Gasteiger partial charge in [0.1, 0.15) is 0 Å². The Hall–Kier alpha value is -2.08. The fourth-order valence-corrected chi connectivity index (χ4v) is 2.00. The SMILES string of the molecule is CCN(CC)C(=O)CN(C)CC(=O)c1ccc(O)c(O)c1. The van der Waals surface area contributed by atoms with Crippen molar-refractivity contribution >= 4 is 11.7 Å². The summed E-state index contributed by atoms with van der Waals surface area (Å²) in [6.45, 7) is 5.33. The average Bonchev–Trinajstić information content (AvgIpc) is 2.42. The molecule has 1 amide bonds. The third-order valence-corrected chi connectivity index (χ3v) is 3.23. The quantitative estimate of drug-likeness (QED) is 0.581. The summed E-state index contributed by atoms with van der Waals surface area (Å²) in [6.07, 6.45) is 0. The first kappa shape index (κ1) is 17.0. The lowest BCUT2D eigenvalue weighted by molar-refractivity contribution is -0.131. The number of phenols is 2. The summed E-state index contributed by atoms with van der Waals surface area (Å²) in [5.41, 5.74) is 0.299. The normalized spacial score (nSPS) is 10.7. The molecule has 0 unspecified atom stereocenters. The molecule has 0 fully saturated rings. The molecule has 116 valence electrons. The lowest BCUT2D eigenvalue weighted by Gasteiger charge is -2.22. The molecule has 2 N–H and O–H groups in total. The number of ketones is 1. The lowest BCUT2D eigenvalue weighted by atomic mass is 10.1. The third-order valence-electron chi connectivity index (χ3n) is 3.23. The Morgan fingerprint density at radius 2 is 1.67 bits per heavy atom. The highest BCUT2D eigenvalue weighted by Gasteiger charge is 2.16. The second-order valence-corrected chi connectivity index (χ2v) is 4.86. The molecule has 1 aromatic rings. The van der Waals surface area contributed by atoms with Gasteiger partial charge in [-0.25, -0.2) is 0 Å². The maximum absolute atomic E-state index is 12.0. The molecule has 21 heavy (non-hydrogen) atoms. The van der Waals surface area contributed by atoms with Crippen LogP contribution in [0.25, 0.3) is 0 Å². The van der Waals surface area contributed by atoms with E-state index in [9.17, 15) is 19.8 Å². The van der Waals surface area contributed by atoms with Gasteiger partial charge in [-0.3, -0.25) is 14.5 Å². The van der Waals surface area contributed by atoms with E-state index in [1.54, 1.807) is 16.8 Å². The number of aromatic hydroxyl groups is 2. The Morgan fingerprint density at radius 1 is 1.05 bits per heavy atom. The molecule has 0 bridgehead atoms. The molecule has 6 heteroatoms. The van der Waals surface area contributed by atoms with E-state index in [-0.39, 0.29) is 36.3 Å². The van der Waals surface area contributed by atoms with Gasteiger partial charge in [-0.2, -0.15) is 0 Å². The van der Waals surface area contributed by atoms with Crippen molar-refractivity contribution in [2.24, 2.45) is 0 Å². The van der Waals surface area contributed by atoms with Gasteiger partial charge in [0, 0.05) is 18.7 Å². The summed E-state index contributed by atoms with van der Waals surface area (Å²) >= 11 is 0. The molecule has 6 nitrogen and oxygen atoms in total. The number of carbonyl (C=O) groups is 2. The predicted octanol–water partition coefficient (Wildman–Crippen LogP) is 1.08. The topological polar surface area (TPSA) is 81.1 Å². The molecule has 0 aliphatic heterocycles. The summed E-state index contributed by atoms with van der Waals surface area (Å²) in [5.74, 6) is -0.844. The van der Waals surface area contributed by atoms with Gasteiger partial charge >= 0.3 is 0 Å². The zero-order valence-corrected chi connectivity index (χ0v) is 12.7. The van der Waals surface area contributed by atoms with Crippen molar-refractivity contribution in [3.8, 4) is 11.5 Å². The van der Waals surface area contributed by atoms with Crippen molar-refractivity contribution < 1.29 is 19.8 Å². The molecule has 0 spiro atoms. The molecule has 0 aliphatic carbocycles. The summed E-state index contributed by atoms with van der Waals surface area (Å²) < 4.78 is 0. The number of carbonyl (C=O) groups excluding carboxylic acids is 2. The monoisotopic (exact) mass is 294 g/mol. The highest BCUT2D eigenvalue weighted by molar-refractivity contribution is 5.98. The minimum absolute atomic E-state index is 0.0242. The van der Waals surface area contributed by atoms with Gasteiger partial charge < -0.3 is 15.1 Å². The number of nitrogens with zero attached hydrogens (tertiary/aromatic N) is 2. The van der Waals surface area contributed by atoms with Crippen LogP contribution in [0.4, 0.5) is 0 Å². The first-order valence-electron chi connectivity index (χ1n) is 6.90. The molecule has 0 atom stereocenters. The Bertz CT molecular complexity index is 512. The van der Waals surface area contributed by atoms with Crippen molar-refractivity contribution in [3.63, 3.8) is 0 Å². The summed E-state index contributed by atoms with van der Waals surface area (Å²) in [6, 6.07) is 3.93. The standard InChI is InChI=1S/C15H22N2O4/c1-4-17(5-2)15(21)10-16(3)9-14(20)11-6-7-12(18)13(19)8-11/h6-8,18-19H,4-5,9-10H2,1-3H3. The van der Waals surface area contributed by atoms with Crippen LogP contribution in [0.3, 0.4) is 0 Å². The number of likely N-dealkylation sites (N-methyl/N-ethyl adjacent to an activating group) is 2. The van der Waals surface area contributed by atoms with Crippen LogP contribution < -0.4 is 0 Å². The van der Waals surface area contributed by atoms with Crippen LogP contribution in [-0.2, 0) is 4.79 Å². The van der Waals surface area contributed by atoms with Crippen LogP contribution in [0.15, 0.2) is 18.2 Å². The van der Waals surface area contributed by atoms with Gasteiger partial charge in [0.05, 0.1) is 13.1 Å². The molecule has 1 rings (SSSR count). The number of phenolic OH excluding ortho intramolecular Hbond substituents is 2. The lowest BCUT2D eigenvalue weighted by Crippen LogP contribution is -2.40. The van der Waals surface area contributed by atoms with Crippen molar-refractivity contribution in [1.82, 2.24) is 9.80 Å². The summed E-state index contributed by atoms with van der Waals surface area (Å²) in [4.78, 5) is 27.3. The van der Waals surface area contributed by atoms with E-state index in [0.717, 1.165) is 0 Å². The maximum Gasteiger partial charge on any atom is 0.236 e. The van der Waals surface area contributed by atoms with E-state index in [1.807, 2.05) is 13.8 Å². The molecule has 1 aromatic carbocycles. The number of amides is 1. The predicted molar refractivity (Wildman–Crippen MR) is 79.5 cm³/mol. The molecule has 0 saturated carbocycles. The zero-order valence-electron chi connectivity index (χ0n) is 12.7. The second kappa shape index (κ2) is 7.64. The van der Waals surface area contributed by atoms with Gasteiger partial charge in [0.25, 0.3) is 0 Å². The van der Waals surface area contributed by atoms with Crippen molar-refractivity contribution in [3.05, 3.63) is 23.8 Å². The summed E-state index contributed by atoms with van der Waals surface area (Å²) in [5, 5.41) is 18.6. The van der Waals surface area contributed by atoms with Crippen LogP contribution in [0.1, 0.15) is 24.2 Å². The van der Waals surface area contributed by atoms with E-state index < -0.39 is 0 Å². The summed E-state index contributed by atoms with van der Waals surface area (Å²) in [7, 11) is 1.69. The first-order chi connectivity index (χ1) is 9.88. The highest BCUT2D eigenvalue weighted by atomic mass is 16.3. The Balaban J connectivity index is 2.61. The number of rotatable bonds is 7. The third kappa shape index (κ3) is 4.75. The zero-order chi connectivity index (χ0) is 16.0. The van der Waals surface area contributed by atoms with Crippen LogP contribution >= 0.6 is 0 Å². The van der Waals surface area contributed by atoms with Crippen LogP contribution in [0.2, 0.25) is 0 Å². The number of Topliss-reactive ketones (excluding diaryl/α,β-unsaturated/α-hetero) is 1. The molecule has 0 aromatic heterocycles. The molecular formula is C15H22N2O4. The van der Waals surface area contributed by atoms with Crippen LogP contribution in [-0.4, -0.2) is 64.9 Å². The Kier molecular flexibility index (Phi) is 6.17. The van der Waals surface area contributed by atoms with Crippen LogP contribution in [0.5, 0.6) is 11.5 Å². The molecule has 0 aliphatic rings. The number of hydrogen-bond acceptors (Lipinski definition) is 5. The molecule has 0 heterocycles. The Morgan fingerprint density at radius 3 is 2.19 bits per heavy atom. The number of benzene rings is 1. The van der Waals surface area contributed by atoms with Crippen LogP contribution in [0, 0.1) is 0 Å². The van der Waals surface area contributed by atoms with E-state index in [2.05, 4.69) is 0 Å². The molecule has 0 saturated heterocycles. The highest BCUT2D eigenvalue weighted by Crippen LogP contribution is 2.25. The van der Waals surface area contributed by atoms with Crippen molar-refractivity contribution in [2.75, 3.05) is 33.2 Å². The minimum atomic E-state index is -0.331. The van der Waals surface area contributed by atoms with Crippen molar-refractivity contribution in [1.29, 1.82) is 0 Å². The van der Waals surface area contributed by atoms with Gasteiger partial charge in [-0.15, -0.1) is 0 Å². The van der Waals surface area contributed by atoms with Gasteiger partial charge in [-0.05, 0) is 39.1 Å². The fourth-order valence-electron chi connectivity index (χ4n) is 2.00. The van der Waals surface area contributed by atoms with E-state index >= 15 is 0 Å². The molecular weight excluding hydrogens is 272 g/mol. The minimum Gasteiger partial charge on any atom is -0.504 e. The van der Waals surface area contributed by atoms with E-state index in [4.69, 9.17) is 0 Å². The smallest absolute Gasteiger partial charge is 0.236 e. The van der Waals surface area contributed by atoms with E-state index in [1.165, 1.54) is 18.2 Å². The van der Waals surface area contributed by atoms with Gasteiger partial charge in [0.2, 0.25) is 5.91 Å². The number of hydrogen-bond donors (Lipinski definition) is 2. The average molecular weight is 294 g/mol.